The van der Waals surface area contributed by atoms with Gasteiger partial charge in [0.05, 0.1) is 0 Å². The first-order valence-corrected chi connectivity index (χ1v) is 11.4. The summed E-state index contributed by atoms with van der Waals surface area (Å²) < 4.78 is 0. The molecule has 0 aliphatic carbocycles. The summed E-state index contributed by atoms with van der Waals surface area (Å²) in [5, 5.41) is 21.9. The van der Waals surface area contributed by atoms with Crippen LogP contribution in [0.1, 0.15) is 22.3 Å². The van der Waals surface area contributed by atoms with Gasteiger partial charge in [-0.1, -0.05) is 76.9 Å². The van der Waals surface area contributed by atoms with Crippen molar-refractivity contribution in [1.82, 2.24) is 15.0 Å². The van der Waals surface area contributed by atoms with Gasteiger partial charge in [0.1, 0.15) is 0 Å². The molecule has 0 saturated heterocycles. The summed E-state index contributed by atoms with van der Waals surface area (Å²) in [7, 11) is 0. The Labute approximate surface area is 231 Å². The smallest absolute Gasteiger partial charge is 0.872 e. The Bertz CT molecular complexity index is 948. The van der Waals surface area contributed by atoms with Crippen molar-refractivity contribution in [1.29, 1.82) is 0 Å². The van der Waals surface area contributed by atoms with Crippen LogP contribution in [0.5, 0.6) is 11.5 Å². The molecule has 0 spiro atoms. The molecule has 3 heterocycles. The predicted octanol–water partition coefficient (Wildman–Crippen LogP) is 6.00. The Morgan fingerprint density at radius 3 is 0.703 bits per heavy atom. The minimum Gasteiger partial charge on any atom is -0.872 e. The summed E-state index contributed by atoms with van der Waals surface area (Å²) in [6, 6.07) is 28.3. The number of aryl methyl sites for hydroxylation is 4. The van der Waals surface area contributed by atoms with E-state index in [1.165, 1.54) is 0 Å². The summed E-state index contributed by atoms with van der Waals surface area (Å²) in [5.74, 6) is 0.329. The second kappa shape index (κ2) is 21.3. The van der Waals surface area contributed by atoms with Crippen molar-refractivity contribution in [2.45, 2.75) is 27.7 Å². The largest absolute Gasteiger partial charge is 2.00 e. The van der Waals surface area contributed by atoms with Crippen LogP contribution in [0.25, 0.3) is 0 Å². The molecule has 6 heteroatoms. The number of rotatable bonds is 0. The molecule has 5 rings (SSSR count). The molecule has 37 heavy (non-hydrogen) atoms. The van der Waals surface area contributed by atoms with E-state index in [2.05, 4.69) is 15.0 Å². The molecule has 0 saturated carbocycles. The Morgan fingerprint density at radius 1 is 0.378 bits per heavy atom. The second-order valence-electron chi connectivity index (χ2n) is 7.52. The van der Waals surface area contributed by atoms with Crippen LogP contribution in [-0.2, 0) is 17.1 Å². The van der Waals surface area contributed by atoms with Crippen LogP contribution in [0.2, 0.25) is 0 Å². The number of hydrogen-bond acceptors (Lipinski definition) is 5. The van der Waals surface area contributed by atoms with Gasteiger partial charge in [-0.2, -0.15) is 0 Å². The first kappa shape index (κ1) is 33.0. The monoisotopic (exact) mass is 535 g/mol. The number of pyridine rings is 3. The van der Waals surface area contributed by atoms with E-state index in [1.807, 2.05) is 119 Å². The second-order valence-corrected chi connectivity index (χ2v) is 7.52. The van der Waals surface area contributed by atoms with Gasteiger partial charge in [0.25, 0.3) is 0 Å². The molecular weight excluding hydrogens is 502 g/mol. The Balaban J connectivity index is 0.000000440. The third-order valence-electron chi connectivity index (χ3n) is 4.52. The van der Waals surface area contributed by atoms with E-state index in [4.69, 9.17) is 0 Å². The first-order valence-electron chi connectivity index (χ1n) is 11.4. The molecule has 0 aliphatic rings. The zero-order valence-electron chi connectivity index (χ0n) is 21.6. The molecule has 0 atom stereocenters. The van der Waals surface area contributed by atoms with Gasteiger partial charge in [-0.15, -0.1) is 11.5 Å². The molecule has 3 aromatic heterocycles. The first-order chi connectivity index (χ1) is 17.4. The number of aromatic nitrogens is 3. The SMILES string of the molecule is Cc1cccc(C)c1[O-].Cc1cccc(C)c1[O-].[Fe+2].c1ccncc1.c1ccncc1.c1ccncc1. The van der Waals surface area contributed by atoms with Crippen molar-refractivity contribution in [2.75, 3.05) is 0 Å². The van der Waals surface area contributed by atoms with Crippen molar-refractivity contribution in [3.8, 4) is 11.5 Å². The summed E-state index contributed by atoms with van der Waals surface area (Å²) in [4.78, 5) is 11.4. The fourth-order valence-electron chi connectivity index (χ4n) is 2.54. The van der Waals surface area contributed by atoms with Crippen molar-refractivity contribution in [3.05, 3.63) is 150 Å². The van der Waals surface area contributed by atoms with Crippen LogP contribution in [0.3, 0.4) is 0 Å². The molecule has 0 N–H and O–H groups in total. The van der Waals surface area contributed by atoms with Gasteiger partial charge in [0, 0.05) is 37.2 Å². The number of para-hydroxylation sites is 2. The molecule has 0 bridgehead atoms. The van der Waals surface area contributed by atoms with Crippen LogP contribution >= 0.6 is 0 Å². The average molecular weight is 535 g/mol. The molecule has 192 valence electrons. The van der Waals surface area contributed by atoms with Crippen molar-refractivity contribution < 1.29 is 27.3 Å². The Hall–Kier alpha value is -3.99. The third-order valence-corrected chi connectivity index (χ3v) is 4.52. The van der Waals surface area contributed by atoms with E-state index in [1.54, 1.807) is 37.2 Å². The maximum atomic E-state index is 11.0. The molecule has 0 aliphatic heterocycles. The summed E-state index contributed by atoms with van der Waals surface area (Å²) >= 11 is 0. The average Bonchev–Trinajstić information content (AvgIpc) is 2.95. The van der Waals surface area contributed by atoms with Crippen LogP contribution in [0.4, 0.5) is 0 Å². The van der Waals surface area contributed by atoms with Gasteiger partial charge in [-0.25, -0.2) is 0 Å². The molecule has 2 aromatic carbocycles. The van der Waals surface area contributed by atoms with Gasteiger partial charge in [-0.05, 0) is 64.1 Å². The summed E-state index contributed by atoms with van der Waals surface area (Å²) in [6.07, 6.45) is 10.5. The topological polar surface area (TPSA) is 84.8 Å². The minimum atomic E-state index is 0. The van der Waals surface area contributed by atoms with Crippen molar-refractivity contribution >= 4 is 0 Å². The van der Waals surface area contributed by atoms with Crippen LogP contribution in [0, 0.1) is 27.7 Å². The number of hydrogen-bond donors (Lipinski definition) is 0. The van der Waals surface area contributed by atoms with E-state index >= 15 is 0 Å². The number of nitrogens with zero attached hydrogens (tertiary/aromatic N) is 3. The van der Waals surface area contributed by atoms with Gasteiger partial charge in [-0.3, -0.25) is 15.0 Å². The van der Waals surface area contributed by atoms with Gasteiger partial charge in [0.2, 0.25) is 0 Å². The van der Waals surface area contributed by atoms with E-state index in [-0.39, 0.29) is 28.6 Å². The quantitative estimate of drug-likeness (QED) is 0.227. The molecule has 0 fully saturated rings. The van der Waals surface area contributed by atoms with Gasteiger partial charge in [0.15, 0.2) is 0 Å². The molecule has 0 unspecified atom stereocenters. The Kier molecular flexibility index (Phi) is 19.0. The molecule has 0 amide bonds. The predicted molar refractivity (Wildman–Crippen MR) is 143 cm³/mol. The van der Waals surface area contributed by atoms with E-state index in [0.29, 0.717) is 0 Å². The minimum absolute atomic E-state index is 0. The standard InChI is InChI=1S/2C8H10O.3C5H5N.Fe/c2*1-6-4-3-5-7(2)8(6)9;3*1-2-4-6-5-3-1;/h2*3-5,9H,1-2H3;3*1-5H;/q;;;;;+2/p-2. The van der Waals surface area contributed by atoms with Crippen molar-refractivity contribution in [2.24, 2.45) is 0 Å². The van der Waals surface area contributed by atoms with Crippen molar-refractivity contribution in [3.63, 3.8) is 0 Å². The zero-order valence-corrected chi connectivity index (χ0v) is 22.7. The molecule has 5 aromatic rings. The molecule has 5 nitrogen and oxygen atoms in total. The maximum absolute atomic E-state index is 11.0. The van der Waals surface area contributed by atoms with E-state index in [9.17, 15) is 10.2 Å². The zero-order chi connectivity index (χ0) is 26.4. The molecular formula is C31H33FeN3O2. The normalized spacial score (nSPS) is 8.54. The summed E-state index contributed by atoms with van der Waals surface area (Å²) in [5.41, 5.74) is 3.31. The van der Waals surface area contributed by atoms with E-state index < -0.39 is 0 Å². The van der Waals surface area contributed by atoms with Gasteiger partial charge >= 0.3 is 17.1 Å². The number of benzene rings is 2. The van der Waals surface area contributed by atoms with Crippen LogP contribution in [0.15, 0.2) is 128 Å². The summed E-state index contributed by atoms with van der Waals surface area (Å²) in [6.45, 7) is 7.31. The molecule has 0 radical (unpaired) electrons. The van der Waals surface area contributed by atoms with Gasteiger partial charge < -0.3 is 10.2 Å². The van der Waals surface area contributed by atoms with E-state index in [0.717, 1.165) is 22.3 Å². The van der Waals surface area contributed by atoms with Crippen LogP contribution < -0.4 is 10.2 Å². The Morgan fingerprint density at radius 2 is 0.595 bits per heavy atom. The maximum Gasteiger partial charge on any atom is 2.00 e. The fourth-order valence-corrected chi connectivity index (χ4v) is 2.54. The van der Waals surface area contributed by atoms with Crippen LogP contribution in [-0.4, -0.2) is 15.0 Å². The fraction of sp³-hybridized carbons (Fsp3) is 0.129. The third kappa shape index (κ3) is 16.3.